The number of hydrogen-bond acceptors (Lipinski definition) is 4. The monoisotopic (exact) mass is 307 g/mol. The van der Waals surface area contributed by atoms with Crippen LogP contribution in [-0.4, -0.2) is 43.5 Å². The van der Waals surface area contributed by atoms with Crippen molar-refractivity contribution >= 4 is 11.6 Å². The first kappa shape index (κ1) is 13.9. The first-order valence-corrected chi connectivity index (χ1v) is 7.79. The molecule has 4 rings (SSSR count). The van der Waals surface area contributed by atoms with E-state index < -0.39 is 0 Å². The van der Waals surface area contributed by atoms with Gasteiger partial charge < -0.3 is 4.90 Å². The first-order valence-electron chi connectivity index (χ1n) is 7.79. The quantitative estimate of drug-likeness (QED) is 0.740. The number of hydrogen-bond donors (Lipinski definition) is 0. The average molecular weight is 307 g/mol. The average Bonchev–Trinajstić information content (AvgIpc) is 3.22. The highest BCUT2D eigenvalue weighted by atomic mass is 16.2. The van der Waals surface area contributed by atoms with E-state index in [0.717, 1.165) is 31.6 Å². The maximum atomic E-state index is 12.7. The van der Waals surface area contributed by atoms with E-state index in [0.29, 0.717) is 17.1 Å². The molecule has 0 saturated carbocycles. The Bertz CT molecular complexity index is 829. The summed E-state index contributed by atoms with van der Waals surface area (Å²) in [6, 6.07) is 7.77. The van der Waals surface area contributed by atoms with Gasteiger partial charge in [-0.1, -0.05) is 6.07 Å². The number of rotatable bonds is 3. The van der Waals surface area contributed by atoms with E-state index in [1.807, 2.05) is 29.3 Å². The van der Waals surface area contributed by atoms with Crippen LogP contribution in [0.25, 0.3) is 5.65 Å². The van der Waals surface area contributed by atoms with Gasteiger partial charge in [0, 0.05) is 37.4 Å². The molecule has 1 amide bonds. The van der Waals surface area contributed by atoms with Crippen LogP contribution in [0, 0.1) is 5.92 Å². The molecule has 6 heteroatoms. The lowest BCUT2D eigenvalue weighted by molar-refractivity contribution is 0.0788. The molecule has 0 aliphatic carbocycles. The topological polar surface area (TPSA) is 63.4 Å². The van der Waals surface area contributed by atoms with Crippen molar-refractivity contribution in [3.8, 4) is 0 Å². The molecule has 4 heterocycles. The van der Waals surface area contributed by atoms with E-state index in [4.69, 9.17) is 0 Å². The molecule has 1 aliphatic heterocycles. The molecular formula is C17H17N5O. The second-order valence-electron chi connectivity index (χ2n) is 5.88. The van der Waals surface area contributed by atoms with Crippen LogP contribution in [0.5, 0.6) is 0 Å². The van der Waals surface area contributed by atoms with E-state index in [1.54, 1.807) is 29.2 Å². The molecule has 0 spiro atoms. The molecule has 3 aromatic rings. The van der Waals surface area contributed by atoms with Crippen molar-refractivity contribution in [2.75, 3.05) is 13.1 Å². The summed E-state index contributed by atoms with van der Waals surface area (Å²) < 4.78 is 1.63. The fraction of sp³-hybridized carbons (Fsp3) is 0.294. The zero-order chi connectivity index (χ0) is 15.6. The van der Waals surface area contributed by atoms with Crippen LogP contribution in [0.1, 0.15) is 22.5 Å². The van der Waals surface area contributed by atoms with Gasteiger partial charge in [-0.2, -0.15) is 5.10 Å². The molecule has 0 aromatic carbocycles. The Hall–Kier alpha value is -2.76. The van der Waals surface area contributed by atoms with Crippen molar-refractivity contribution < 1.29 is 4.79 Å². The third-order valence-corrected chi connectivity index (χ3v) is 4.31. The van der Waals surface area contributed by atoms with Crippen molar-refractivity contribution in [2.45, 2.75) is 12.8 Å². The highest BCUT2D eigenvalue weighted by Gasteiger charge is 2.29. The van der Waals surface area contributed by atoms with Gasteiger partial charge in [-0.15, -0.1) is 0 Å². The van der Waals surface area contributed by atoms with Gasteiger partial charge in [0.15, 0.2) is 5.65 Å². The van der Waals surface area contributed by atoms with Gasteiger partial charge in [0.1, 0.15) is 5.56 Å². The molecule has 0 N–H and O–H groups in total. The largest absolute Gasteiger partial charge is 0.338 e. The lowest BCUT2D eigenvalue weighted by Gasteiger charge is -2.15. The zero-order valence-corrected chi connectivity index (χ0v) is 12.7. The maximum Gasteiger partial charge on any atom is 0.259 e. The first-order chi connectivity index (χ1) is 11.3. The number of fused-ring (bicyclic) bond motifs is 1. The number of carbonyl (C=O) groups excluding carboxylic acids is 1. The summed E-state index contributed by atoms with van der Waals surface area (Å²) in [4.78, 5) is 23.3. The van der Waals surface area contributed by atoms with Crippen molar-refractivity contribution in [3.63, 3.8) is 0 Å². The van der Waals surface area contributed by atoms with Crippen LogP contribution in [0.2, 0.25) is 0 Å². The summed E-state index contributed by atoms with van der Waals surface area (Å²) in [6.07, 6.45) is 8.83. The number of aromatic nitrogens is 4. The van der Waals surface area contributed by atoms with Gasteiger partial charge in [0.25, 0.3) is 5.91 Å². The summed E-state index contributed by atoms with van der Waals surface area (Å²) >= 11 is 0. The molecule has 0 radical (unpaired) electrons. The highest BCUT2D eigenvalue weighted by Crippen LogP contribution is 2.22. The zero-order valence-electron chi connectivity index (χ0n) is 12.7. The van der Waals surface area contributed by atoms with Gasteiger partial charge in [-0.25, -0.2) is 9.50 Å². The van der Waals surface area contributed by atoms with Crippen LogP contribution >= 0.6 is 0 Å². The van der Waals surface area contributed by atoms with Gasteiger partial charge in [-0.05, 0) is 37.0 Å². The summed E-state index contributed by atoms with van der Waals surface area (Å²) in [5.74, 6) is 0.478. The Balaban J connectivity index is 1.48. The van der Waals surface area contributed by atoms with E-state index >= 15 is 0 Å². The third-order valence-electron chi connectivity index (χ3n) is 4.31. The number of carbonyl (C=O) groups is 1. The molecule has 1 atom stereocenters. The summed E-state index contributed by atoms with van der Waals surface area (Å²) in [7, 11) is 0. The SMILES string of the molecule is O=C(c1cnn2cccnc12)N1CCC(Cc2ccccn2)C1. The predicted molar refractivity (Wildman–Crippen MR) is 84.9 cm³/mol. The third kappa shape index (κ3) is 2.67. The smallest absolute Gasteiger partial charge is 0.259 e. The lowest BCUT2D eigenvalue weighted by Crippen LogP contribution is -2.29. The number of nitrogens with zero attached hydrogens (tertiary/aromatic N) is 5. The molecule has 1 unspecified atom stereocenters. The minimum Gasteiger partial charge on any atom is -0.338 e. The fourth-order valence-electron chi connectivity index (χ4n) is 3.15. The Labute approximate surface area is 133 Å². The minimum absolute atomic E-state index is 0.0159. The second-order valence-corrected chi connectivity index (χ2v) is 5.88. The predicted octanol–water partition coefficient (Wildman–Crippen LogP) is 1.83. The van der Waals surface area contributed by atoms with Gasteiger partial charge in [0.05, 0.1) is 6.20 Å². The molecular weight excluding hydrogens is 290 g/mol. The Morgan fingerprint density at radius 1 is 1.22 bits per heavy atom. The van der Waals surface area contributed by atoms with Crippen molar-refractivity contribution in [2.24, 2.45) is 5.92 Å². The molecule has 23 heavy (non-hydrogen) atoms. The molecule has 1 aliphatic rings. The maximum absolute atomic E-state index is 12.7. The Kier molecular flexibility index (Phi) is 3.49. The van der Waals surface area contributed by atoms with E-state index in [9.17, 15) is 4.79 Å². The Morgan fingerprint density at radius 2 is 2.13 bits per heavy atom. The fourth-order valence-corrected chi connectivity index (χ4v) is 3.15. The van der Waals surface area contributed by atoms with Crippen LogP contribution in [0.4, 0.5) is 0 Å². The standard InChI is InChI=1S/C17H17N5O/c23-17(15-11-20-22-8-3-7-19-16(15)22)21-9-5-13(12-21)10-14-4-1-2-6-18-14/h1-4,6-8,11,13H,5,9-10,12H2. The molecule has 1 saturated heterocycles. The van der Waals surface area contributed by atoms with Crippen molar-refractivity contribution in [1.82, 2.24) is 24.5 Å². The van der Waals surface area contributed by atoms with Crippen LogP contribution in [-0.2, 0) is 6.42 Å². The van der Waals surface area contributed by atoms with Gasteiger partial charge >= 0.3 is 0 Å². The van der Waals surface area contributed by atoms with Gasteiger partial charge in [-0.3, -0.25) is 9.78 Å². The number of likely N-dealkylation sites (tertiary alicyclic amines) is 1. The van der Waals surface area contributed by atoms with E-state index in [1.165, 1.54) is 0 Å². The van der Waals surface area contributed by atoms with Crippen LogP contribution in [0.3, 0.4) is 0 Å². The summed E-state index contributed by atoms with van der Waals surface area (Å²) in [5, 5.41) is 4.19. The highest BCUT2D eigenvalue weighted by molar-refractivity contribution is 5.99. The molecule has 6 nitrogen and oxygen atoms in total. The molecule has 116 valence electrons. The van der Waals surface area contributed by atoms with Crippen molar-refractivity contribution in [3.05, 3.63) is 60.3 Å². The molecule has 1 fully saturated rings. The lowest BCUT2D eigenvalue weighted by atomic mass is 10.0. The van der Waals surface area contributed by atoms with Crippen LogP contribution in [0.15, 0.2) is 49.1 Å². The van der Waals surface area contributed by atoms with Crippen LogP contribution < -0.4 is 0 Å². The van der Waals surface area contributed by atoms with Gasteiger partial charge in [0.2, 0.25) is 0 Å². The van der Waals surface area contributed by atoms with E-state index in [-0.39, 0.29) is 5.91 Å². The minimum atomic E-state index is 0.0159. The normalized spacial score (nSPS) is 17.7. The van der Waals surface area contributed by atoms with E-state index in [2.05, 4.69) is 15.1 Å². The van der Waals surface area contributed by atoms with Crippen molar-refractivity contribution in [1.29, 1.82) is 0 Å². The Morgan fingerprint density at radius 3 is 3.00 bits per heavy atom. The molecule has 3 aromatic heterocycles. The summed E-state index contributed by atoms with van der Waals surface area (Å²) in [5.41, 5.74) is 2.28. The number of amides is 1. The number of pyridine rings is 1. The second kappa shape index (κ2) is 5.79. The summed E-state index contributed by atoms with van der Waals surface area (Å²) in [6.45, 7) is 1.54. The molecule has 0 bridgehead atoms.